The van der Waals surface area contributed by atoms with Crippen LogP contribution in [-0.4, -0.2) is 23.2 Å². The van der Waals surface area contributed by atoms with E-state index in [-0.39, 0.29) is 0 Å². The van der Waals surface area contributed by atoms with Gasteiger partial charge in [0, 0.05) is 5.56 Å². The highest BCUT2D eigenvalue weighted by atomic mass is 16.2. The molecule has 4 aromatic rings. The van der Waals surface area contributed by atoms with Gasteiger partial charge in [-0.15, -0.1) is 5.01 Å². The molecule has 0 radical (unpaired) electrons. The van der Waals surface area contributed by atoms with E-state index in [1.54, 1.807) is 6.21 Å². The first-order valence-electron chi connectivity index (χ1n) is 10.00. The highest BCUT2D eigenvalue weighted by Crippen LogP contribution is 2.36. The van der Waals surface area contributed by atoms with Crippen LogP contribution in [0.3, 0.4) is 0 Å². The molecule has 0 bridgehead atoms. The fraction of sp³-hybridized carbons (Fsp3) is 0.0385. The third-order valence-corrected chi connectivity index (χ3v) is 5.55. The van der Waals surface area contributed by atoms with Gasteiger partial charge in [0.1, 0.15) is 0 Å². The average molecular weight is 405 g/mol. The van der Waals surface area contributed by atoms with Gasteiger partial charge in [0.15, 0.2) is 5.54 Å². The molecular weight excluding hydrogens is 386 g/mol. The third-order valence-electron chi connectivity index (χ3n) is 5.55. The minimum Gasteiger partial charge on any atom is -0.314 e. The third kappa shape index (κ3) is 3.07. The molecule has 4 aromatic carbocycles. The number of hydrogen-bond donors (Lipinski definition) is 1. The number of amides is 3. The van der Waals surface area contributed by atoms with Crippen molar-refractivity contribution in [3.05, 3.63) is 120 Å². The molecule has 5 nitrogen and oxygen atoms in total. The van der Waals surface area contributed by atoms with Crippen LogP contribution in [0.2, 0.25) is 0 Å². The molecule has 1 aliphatic rings. The quantitative estimate of drug-likeness (QED) is 0.396. The molecular formula is C26H19N3O2. The van der Waals surface area contributed by atoms with Gasteiger partial charge >= 0.3 is 6.03 Å². The number of imide groups is 1. The smallest absolute Gasteiger partial charge is 0.314 e. The summed E-state index contributed by atoms with van der Waals surface area (Å²) in [5.74, 6) is -0.439. The van der Waals surface area contributed by atoms with Crippen molar-refractivity contribution in [1.29, 1.82) is 0 Å². The van der Waals surface area contributed by atoms with Crippen molar-refractivity contribution >= 4 is 28.9 Å². The zero-order valence-electron chi connectivity index (χ0n) is 16.6. The van der Waals surface area contributed by atoms with Gasteiger partial charge in [-0.1, -0.05) is 103 Å². The molecule has 0 aliphatic carbocycles. The number of hydrogen-bond acceptors (Lipinski definition) is 3. The maximum Gasteiger partial charge on any atom is 0.346 e. The van der Waals surface area contributed by atoms with Crippen LogP contribution in [0.4, 0.5) is 4.79 Å². The van der Waals surface area contributed by atoms with E-state index in [1.165, 1.54) is 0 Å². The van der Waals surface area contributed by atoms with Gasteiger partial charge in [-0.05, 0) is 21.9 Å². The lowest BCUT2D eigenvalue weighted by molar-refractivity contribution is -0.130. The van der Waals surface area contributed by atoms with E-state index >= 15 is 0 Å². The van der Waals surface area contributed by atoms with Crippen LogP contribution in [0.15, 0.2) is 108 Å². The molecule has 5 heteroatoms. The van der Waals surface area contributed by atoms with Crippen LogP contribution >= 0.6 is 0 Å². The summed E-state index contributed by atoms with van der Waals surface area (Å²) in [7, 11) is 0. The molecule has 0 saturated carbocycles. The highest BCUT2D eigenvalue weighted by molar-refractivity contribution is 6.10. The van der Waals surface area contributed by atoms with Gasteiger partial charge in [-0.2, -0.15) is 5.10 Å². The lowest BCUT2D eigenvalue weighted by Gasteiger charge is -2.27. The van der Waals surface area contributed by atoms with Crippen LogP contribution < -0.4 is 5.32 Å². The molecule has 1 fully saturated rings. The van der Waals surface area contributed by atoms with Crippen molar-refractivity contribution in [2.24, 2.45) is 5.10 Å². The maximum atomic E-state index is 13.7. The molecule has 5 rings (SSSR count). The second kappa shape index (κ2) is 7.54. The minimum absolute atomic E-state index is 0.439. The number of urea groups is 1. The fourth-order valence-corrected chi connectivity index (χ4v) is 4.04. The predicted molar refractivity (Wildman–Crippen MR) is 121 cm³/mol. The summed E-state index contributed by atoms with van der Waals surface area (Å²) in [6.45, 7) is 0. The lowest BCUT2D eigenvalue weighted by atomic mass is 9.83. The summed E-state index contributed by atoms with van der Waals surface area (Å²) in [4.78, 5) is 26.6. The number of fused-ring (bicyclic) bond motifs is 1. The topological polar surface area (TPSA) is 61.8 Å². The summed E-state index contributed by atoms with van der Waals surface area (Å²) in [6.07, 6.45) is 1.56. The molecule has 0 unspecified atom stereocenters. The van der Waals surface area contributed by atoms with Crippen LogP contribution in [0.5, 0.6) is 0 Å². The van der Waals surface area contributed by atoms with Crippen molar-refractivity contribution < 1.29 is 9.59 Å². The Kier molecular flexibility index (Phi) is 4.56. The molecule has 0 spiro atoms. The van der Waals surface area contributed by atoms with Crippen molar-refractivity contribution in [3.63, 3.8) is 0 Å². The van der Waals surface area contributed by atoms with Crippen LogP contribution in [-0.2, 0) is 10.3 Å². The first-order chi connectivity index (χ1) is 15.2. The Morgan fingerprint density at radius 1 is 0.710 bits per heavy atom. The molecule has 1 saturated heterocycles. The van der Waals surface area contributed by atoms with Crippen molar-refractivity contribution in [2.75, 3.05) is 0 Å². The first kappa shape index (κ1) is 18.8. The number of rotatable bonds is 4. The molecule has 1 heterocycles. The standard InChI is InChI=1S/C26H19N3O2/c30-24-26(21-13-3-1-4-14-21,22-15-5-2-6-16-22)28-25(31)29(24)27-18-20-12-9-11-19-10-7-8-17-23(19)20/h1-18H,(H,28,31)/b27-18-. The monoisotopic (exact) mass is 405 g/mol. The summed E-state index contributed by atoms with van der Waals surface area (Å²) in [6, 6.07) is 31.7. The summed E-state index contributed by atoms with van der Waals surface area (Å²) in [5, 5.41) is 10.2. The number of benzene rings is 4. The summed E-state index contributed by atoms with van der Waals surface area (Å²) in [5.41, 5.74) is 0.871. The Hall–Kier alpha value is -4.25. The Morgan fingerprint density at radius 2 is 1.29 bits per heavy atom. The Balaban J connectivity index is 1.58. The zero-order chi connectivity index (χ0) is 21.3. The number of carbonyl (C=O) groups is 2. The molecule has 1 N–H and O–H groups in total. The van der Waals surface area contributed by atoms with Crippen LogP contribution in [0.25, 0.3) is 10.8 Å². The highest BCUT2D eigenvalue weighted by Gasteiger charge is 2.54. The van der Waals surface area contributed by atoms with Gasteiger partial charge in [0.05, 0.1) is 6.21 Å². The van der Waals surface area contributed by atoms with Gasteiger partial charge in [0.25, 0.3) is 5.91 Å². The van der Waals surface area contributed by atoms with Crippen molar-refractivity contribution in [1.82, 2.24) is 10.3 Å². The second-order valence-electron chi connectivity index (χ2n) is 7.34. The fourth-order valence-electron chi connectivity index (χ4n) is 4.04. The molecule has 0 aromatic heterocycles. The van der Waals surface area contributed by atoms with E-state index in [9.17, 15) is 9.59 Å². The van der Waals surface area contributed by atoms with E-state index in [4.69, 9.17) is 0 Å². The molecule has 0 atom stereocenters. The van der Waals surface area contributed by atoms with Gasteiger partial charge < -0.3 is 5.32 Å². The van der Waals surface area contributed by atoms with Crippen molar-refractivity contribution in [3.8, 4) is 0 Å². The molecule has 3 amide bonds. The molecule has 150 valence electrons. The van der Waals surface area contributed by atoms with E-state index in [0.717, 1.165) is 21.3 Å². The second-order valence-corrected chi connectivity index (χ2v) is 7.34. The largest absolute Gasteiger partial charge is 0.346 e. The van der Waals surface area contributed by atoms with Gasteiger partial charge in [-0.3, -0.25) is 4.79 Å². The van der Waals surface area contributed by atoms with Crippen LogP contribution in [0.1, 0.15) is 16.7 Å². The van der Waals surface area contributed by atoms with Gasteiger partial charge in [0.2, 0.25) is 0 Å². The predicted octanol–water partition coefficient (Wildman–Crippen LogP) is 4.67. The van der Waals surface area contributed by atoms with E-state index < -0.39 is 17.5 Å². The summed E-state index contributed by atoms with van der Waals surface area (Å²) < 4.78 is 0. The Labute approximate surface area is 179 Å². The van der Waals surface area contributed by atoms with E-state index in [0.29, 0.717) is 11.1 Å². The number of carbonyl (C=O) groups excluding carboxylic acids is 2. The zero-order valence-corrected chi connectivity index (χ0v) is 16.6. The molecule has 1 aliphatic heterocycles. The maximum absolute atomic E-state index is 13.7. The van der Waals surface area contributed by atoms with E-state index in [2.05, 4.69) is 10.4 Å². The SMILES string of the molecule is O=C1NC(c2ccccc2)(c2ccccc2)C(=O)N1/N=C\c1cccc2ccccc12. The Bertz CT molecular complexity index is 1260. The molecule has 31 heavy (non-hydrogen) atoms. The minimum atomic E-state index is -1.32. The first-order valence-corrected chi connectivity index (χ1v) is 10.00. The normalized spacial score (nSPS) is 15.5. The number of nitrogens with one attached hydrogen (secondary N) is 1. The summed E-state index contributed by atoms with van der Waals surface area (Å²) >= 11 is 0. The number of hydrazone groups is 1. The van der Waals surface area contributed by atoms with Crippen molar-refractivity contribution in [2.45, 2.75) is 5.54 Å². The Morgan fingerprint density at radius 3 is 1.97 bits per heavy atom. The van der Waals surface area contributed by atoms with E-state index in [1.807, 2.05) is 103 Å². The van der Waals surface area contributed by atoms with Gasteiger partial charge in [-0.25, -0.2) is 4.79 Å². The lowest BCUT2D eigenvalue weighted by Crippen LogP contribution is -2.44. The van der Waals surface area contributed by atoms with Crippen LogP contribution in [0, 0.1) is 0 Å². The number of nitrogens with zero attached hydrogens (tertiary/aromatic N) is 2. The average Bonchev–Trinajstić information content (AvgIpc) is 3.09.